The fourth-order valence-corrected chi connectivity index (χ4v) is 1.24. The highest BCUT2D eigenvalue weighted by Gasteiger charge is 2.21. The summed E-state index contributed by atoms with van der Waals surface area (Å²) in [6.07, 6.45) is 1.89. The van der Waals surface area contributed by atoms with Gasteiger partial charge in [0.25, 0.3) is 5.09 Å². The number of ether oxygens (including phenoxy) is 1. The van der Waals surface area contributed by atoms with Crippen LogP contribution in [0.1, 0.15) is 19.8 Å². The number of hydrogen-bond donors (Lipinski definition) is 2. The average molecular weight is 193 g/mol. The van der Waals surface area contributed by atoms with Crippen LogP contribution in [0.5, 0.6) is 0 Å². The fourth-order valence-electron chi connectivity index (χ4n) is 1.24. The van der Waals surface area contributed by atoms with Crippen molar-refractivity contribution in [3.8, 4) is 0 Å². The van der Waals surface area contributed by atoms with Gasteiger partial charge in [-0.25, -0.2) is 0 Å². The van der Waals surface area contributed by atoms with Crippen molar-refractivity contribution in [2.75, 3.05) is 13.2 Å². The van der Waals surface area contributed by atoms with E-state index < -0.39 is 5.09 Å². The van der Waals surface area contributed by atoms with Crippen LogP contribution in [0.15, 0.2) is 0 Å². The molecule has 0 aliphatic carbocycles. The first kappa shape index (κ1) is 12.1. The maximum atomic E-state index is 9.24. The van der Waals surface area contributed by atoms with E-state index in [9.17, 15) is 5.11 Å². The molecule has 2 atom stereocenters. The maximum Gasteiger partial charge on any atom is 0.291 e. The third kappa shape index (κ3) is 6.30. The van der Waals surface area contributed by atoms with Crippen molar-refractivity contribution >= 4 is 0 Å². The summed E-state index contributed by atoms with van der Waals surface area (Å²) in [5.41, 5.74) is 0. The first-order valence-electron chi connectivity index (χ1n) is 4.17. The van der Waals surface area contributed by atoms with Crippen LogP contribution in [0.4, 0.5) is 0 Å². The fraction of sp³-hybridized carbons (Fsp3) is 1.00. The Kier molecular flexibility index (Phi) is 6.17. The molecule has 6 nitrogen and oxygen atoms in total. The molecular weight excluding hydrogens is 178 g/mol. The van der Waals surface area contributed by atoms with Gasteiger partial charge < -0.3 is 15.1 Å². The average Bonchev–Trinajstić information content (AvgIpc) is 2.04. The summed E-state index contributed by atoms with van der Waals surface area (Å²) in [7, 11) is 0. The number of rotatable bonds is 1. The van der Waals surface area contributed by atoms with Crippen LogP contribution in [-0.2, 0) is 4.74 Å². The van der Waals surface area contributed by atoms with Crippen LogP contribution >= 0.6 is 0 Å². The second-order valence-corrected chi connectivity index (χ2v) is 2.84. The van der Waals surface area contributed by atoms with E-state index >= 15 is 0 Å². The zero-order chi connectivity index (χ0) is 10.3. The second-order valence-electron chi connectivity index (χ2n) is 2.84. The summed E-state index contributed by atoms with van der Waals surface area (Å²) in [6, 6.07) is 0. The number of nitrogens with zero attached hydrogens (tertiary/aromatic N) is 1. The standard InChI is InChI=1S/C7H14O2.HNO3/c1-2-6-3-4-9-5-7(6)8;2-1(3)4/h6-8H,2-5H2,1H3;(H,2,3,4). The van der Waals surface area contributed by atoms with Gasteiger partial charge in [-0.15, -0.1) is 10.1 Å². The van der Waals surface area contributed by atoms with Gasteiger partial charge in [0.1, 0.15) is 0 Å². The predicted octanol–water partition coefficient (Wildman–Crippen LogP) is 0.446. The van der Waals surface area contributed by atoms with Crippen LogP contribution in [0, 0.1) is 16.0 Å². The molecule has 13 heavy (non-hydrogen) atoms. The van der Waals surface area contributed by atoms with E-state index in [1.807, 2.05) is 0 Å². The quantitative estimate of drug-likeness (QED) is 0.465. The minimum Gasteiger partial charge on any atom is -0.390 e. The Morgan fingerprint density at radius 1 is 1.69 bits per heavy atom. The number of aliphatic hydroxyl groups excluding tert-OH is 1. The van der Waals surface area contributed by atoms with Gasteiger partial charge in [0.15, 0.2) is 0 Å². The van der Waals surface area contributed by atoms with Gasteiger partial charge >= 0.3 is 0 Å². The summed E-state index contributed by atoms with van der Waals surface area (Å²) < 4.78 is 5.06. The summed E-state index contributed by atoms with van der Waals surface area (Å²) in [5.74, 6) is 0.485. The minimum absolute atomic E-state index is 0.205. The van der Waals surface area contributed by atoms with Crippen molar-refractivity contribution in [2.45, 2.75) is 25.9 Å². The van der Waals surface area contributed by atoms with Crippen molar-refractivity contribution in [3.63, 3.8) is 0 Å². The molecular formula is C7H15NO5. The third-order valence-corrected chi connectivity index (χ3v) is 1.99. The van der Waals surface area contributed by atoms with Gasteiger partial charge in [0.2, 0.25) is 0 Å². The molecule has 1 saturated heterocycles. The lowest BCUT2D eigenvalue weighted by atomic mass is 9.95. The molecule has 1 rings (SSSR count). The molecule has 1 fully saturated rings. The molecule has 1 heterocycles. The molecule has 0 bridgehead atoms. The van der Waals surface area contributed by atoms with Gasteiger partial charge in [-0.3, -0.25) is 0 Å². The molecule has 0 spiro atoms. The summed E-state index contributed by atoms with van der Waals surface area (Å²) >= 11 is 0. The lowest BCUT2D eigenvalue weighted by Gasteiger charge is -2.26. The van der Waals surface area contributed by atoms with Crippen LogP contribution < -0.4 is 0 Å². The van der Waals surface area contributed by atoms with Crippen LogP contribution in [0.25, 0.3) is 0 Å². The van der Waals surface area contributed by atoms with Gasteiger partial charge in [0, 0.05) is 6.61 Å². The van der Waals surface area contributed by atoms with Crippen LogP contribution in [-0.4, -0.2) is 34.7 Å². The third-order valence-electron chi connectivity index (χ3n) is 1.99. The maximum absolute atomic E-state index is 9.24. The van der Waals surface area contributed by atoms with E-state index in [-0.39, 0.29) is 6.10 Å². The molecule has 0 aromatic carbocycles. The van der Waals surface area contributed by atoms with E-state index in [0.29, 0.717) is 12.5 Å². The highest BCUT2D eigenvalue weighted by Crippen LogP contribution is 2.17. The van der Waals surface area contributed by atoms with Gasteiger partial charge in [-0.1, -0.05) is 13.3 Å². The Labute approximate surface area is 76.2 Å². The molecule has 0 aromatic rings. The van der Waals surface area contributed by atoms with E-state index in [2.05, 4.69) is 6.92 Å². The minimum atomic E-state index is -1.50. The Morgan fingerprint density at radius 2 is 2.23 bits per heavy atom. The topological polar surface area (TPSA) is 92.8 Å². The molecule has 1 aliphatic rings. The predicted molar refractivity (Wildman–Crippen MR) is 44.0 cm³/mol. The van der Waals surface area contributed by atoms with Crippen LogP contribution in [0.3, 0.4) is 0 Å². The normalized spacial score (nSPS) is 27.2. The molecule has 0 amide bonds. The molecule has 0 saturated carbocycles. The Morgan fingerprint density at radius 3 is 2.54 bits per heavy atom. The monoisotopic (exact) mass is 193 g/mol. The zero-order valence-corrected chi connectivity index (χ0v) is 7.55. The van der Waals surface area contributed by atoms with E-state index in [1.165, 1.54) is 0 Å². The number of hydrogen-bond acceptors (Lipinski definition) is 4. The molecule has 2 N–H and O–H groups in total. The van der Waals surface area contributed by atoms with Crippen molar-refractivity contribution in [2.24, 2.45) is 5.92 Å². The Hall–Kier alpha value is -0.880. The molecule has 2 unspecified atom stereocenters. The lowest BCUT2D eigenvalue weighted by molar-refractivity contribution is -0.742. The molecule has 78 valence electrons. The van der Waals surface area contributed by atoms with Gasteiger partial charge in [-0.05, 0) is 12.3 Å². The van der Waals surface area contributed by atoms with Crippen molar-refractivity contribution < 1.29 is 20.1 Å². The Bertz CT molecular complexity index is 148. The Balaban J connectivity index is 0.000000310. The van der Waals surface area contributed by atoms with Gasteiger partial charge in [0.05, 0.1) is 12.7 Å². The largest absolute Gasteiger partial charge is 0.390 e. The molecule has 6 heteroatoms. The first-order chi connectivity index (χ1) is 6.07. The molecule has 1 aliphatic heterocycles. The van der Waals surface area contributed by atoms with E-state index in [4.69, 9.17) is 20.1 Å². The van der Waals surface area contributed by atoms with Crippen molar-refractivity contribution in [1.29, 1.82) is 0 Å². The highest BCUT2D eigenvalue weighted by atomic mass is 16.9. The summed E-state index contributed by atoms with van der Waals surface area (Å²) in [6.45, 7) is 3.48. The highest BCUT2D eigenvalue weighted by molar-refractivity contribution is 4.70. The van der Waals surface area contributed by atoms with Gasteiger partial charge in [-0.2, -0.15) is 0 Å². The van der Waals surface area contributed by atoms with Crippen molar-refractivity contribution in [3.05, 3.63) is 10.1 Å². The summed E-state index contributed by atoms with van der Waals surface area (Å²) in [5, 5.41) is 22.9. The molecule has 0 radical (unpaired) electrons. The molecule has 0 aromatic heterocycles. The smallest absolute Gasteiger partial charge is 0.291 e. The first-order valence-corrected chi connectivity index (χ1v) is 4.17. The number of aliphatic hydroxyl groups is 1. The lowest BCUT2D eigenvalue weighted by Crippen LogP contribution is -2.31. The summed E-state index contributed by atoms with van der Waals surface area (Å²) in [4.78, 5) is 8.36. The van der Waals surface area contributed by atoms with Crippen LogP contribution in [0.2, 0.25) is 0 Å². The van der Waals surface area contributed by atoms with E-state index in [0.717, 1.165) is 19.4 Å². The van der Waals surface area contributed by atoms with E-state index in [1.54, 1.807) is 0 Å². The zero-order valence-electron chi connectivity index (χ0n) is 7.55. The van der Waals surface area contributed by atoms with Crippen molar-refractivity contribution in [1.82, 2.24) is 0 Å². The second kappa shape index (κ2) is 6.62. The SMILES string of the molecule is CCC1CCOCC1O.O=[N+]([O-])O.